The molecule has 0 unspecified atom stereocenters. The number of nitrogens with zero attached hydrogens (tertiary/aromatic N) is 2. The number of amides is 1. The smallest absolute Gasteiger partial charge is 0.270 e. The minimum Gasteiger partial charge on any atom is -0.476 e. The maximum atomic E-state index is 12.6. The average Bonchev–Trinajstić information content (AvgIpc) is 2.38. The average molecular weight is 277 g/mol. The molecular formula is C15H23N3O2. The second-order valence-corrected chi connectivity index (χ2v) is 5.88. The van der Waals surface area contributed by atoms with Gasteiger partial charge in [-0.3, -0.25) is 4.79 Å². The zero-order valence-corrected chi connectivity index (χ0v) is 12.6. The van der Waals surface area contributed by atoms with E-state index in [-0.39, 0.29) is 5.91 Å². The monoisotopic (exact) mass is 277 g/mol. The Morgan fingerprint density at radius 2 is 2.05 bits per heavy atom. The van der Waals surface area contributed by atoms with Gasteiger partial charge >= 0.3 is 0 Å². The van der Waals surface area contributed by atoms with E-state index in [1.807, 2.05) is 32.3 Å². The molecule has 0 radical (unpaired) electrons. The van der Waals surface area contributed by atoms with E-state index in [1.54, 1.807) is 18.7 Å². The molecule has 0 aliphatic carbocycles. The van der Waals surface area contributed by atoms with Gasteiger partial charge in [0.25, 0.3) is 5.91 Å². The van der Waals surface area contributed by atoms with Gasteiger partial charge in [0.2, 0.25) is 0 Å². The second kappa shape index (κ2) is 5.42. The lowest BCUT2D eigenvalue weighted by molar-refractivity contribution is -0.132. The molecule has 1 amide bonds. The van der Waals surface area contributed by atoms with Crippen LogP contribution >= 0.6 is 0 Å². The van der Waals surface area contributed by atoms with Crippen LogP contribution in [0.25, 0.3) is 0 Å². The van der Waals surface area contributed by atoms with Crippen LogP contribution in [0.3, 0.4) is 0 Å². The molecule has 0 saturated heterocycles. The second-order valence-electron chi connectivity index (χ2n) is 5.88. The van der Waals surface area contributed by atoms with Crippen molar-refractivity contribution in [3.63, 3.8) is 0 Å². The summed E-state index contributed by atoms with van der Waals surface area (Å²) in [6.07, 6.45) is 0. The number of ether oxygens (including phenoxy) is 1. The van der Waals surface area contributed by atoms with Gasteiger partial charge in [0.05, 0.1) is 5.69 Å². The van der Waals surface area contributed by atoms with Crippen molar-refractivity contribution >= 4 is 11.6 Å². The molecule has 0 aromatic heterocycles. The van der Waals surface area contributed by atoms with Crippen LogP contribution in [-0.4, -0.2) is 43.6 Å². The molecule has 5 heteroatoms. The van der Waals surface area contributed by atoms with E-state index >= 15 is 0 Å². The number of fused-ring (bicyclic) bond motifs is 1. The zero-order chi connectivity index (χ0) is 14.9. The van der Waals surface area contributed by atoms with Crippen molar-refractivity contribution in [1.29, 1.82) is 0 Å². The quantitative estimate of drug-likeness (QED) is 0.899. The molecular weight excluding hydrogens is 254 g/mol. The van der Waals surface area contributed by atoms with E-state index in [0.29, 0.717) is 13.1 Å². The number of anilines is 1. The van der Waals surface area contributed by atoms with Crippen LogP contribution in [0.1, 0.15) is 19.4 Å². The van der Waals surface area contributed by atoms with Gasteiger partial charge in [0.15, 0.2) is 5.60 Å². The van der Waals surface area contributed by atoms with Crippen molar-refractivity contribution in [3.8, 4) is 5.75 Å². The molecule has 0 saturated carbocycles. The summed E-state index contributed by atoms with van der Waals surface area (Å²) in [6.45, 7) is 5.50. The summed E-state index contributed by atoms with van der Waals surface area (Å²) in [6, 6.07) is 5.78. The molecule has 1 aliphatic heterocycles. The van der Waals surface area contributed by atoms with Crippen LogP contribution in [-0.2, 0) is 11.3 Å². The fourth-order valence-electron chi connectivity index (χ4n) is 2.26. The summed E-state index contributed by atoms with van der Waals surface area (Å²) in [5.41, 5.74) is 6.67. The highest BCUT2D eigenvalue weighted by atomic mass is 16.5. The fraction of sp³-hybridized carbons (Fsp3) is 0.533. The molecule has 0 bridgehead atoms. The first-order valence-electron chi connectivity index (χ1n) is 6.84. The van der Waals surface area contributed by atoms with Crippen LogP contribution in [0.2, 0.25) is 0 Å². The number of hydrogen-bond donors (Lipinski definition) is 1. The van der Waals surface area contributed by atoms with Gasteiger partial charge in [-0.1, -0.05) is 6.07 Å². The van der Waals surface area contributed by atoms with E-state index in [2.05, 4.69) is 4.90 Å². The van der Waals surface area contributed by atoms with E-state index < -0.39 is 5.60 Å². The summed E-state index contributed by atoms with van der Waals surface area (Å²) in [7, 11) is 3.99. The van der Waals surface area contributed by atoms with E-state index in [4.69, 9.17) is 10.5 Å². The SMILES string of the molecule is CN(C)CCN1C(=O)C(C)(C)Oc2ccc(CN)cc21. The Kier molecular flexibility index (Phi) is 4.01. The van der Waals surface area contributed by atoms with Gasteiger partial charge in [0.1, 0.15) is 5.75 Å². The zero-order valence-electron chi connectivity index (χ0n) is 12.6. The van der Waals surface area contributed by atoms with Gasteiger partial charge < -0.3 is 20.3 Å². The number of hydrogen-bond acceptors (Lipinski definition) is 4. The van der Waals surface area contributed by atoms with Gasteiger partial charge in [-0.05, 0) is 45.6 Å². The third kappa shape index (κ3) is 2.78. The first-order chi connectivity index (χ1) is 9.35. The molecule has 1 heterocycles. The lowest BCUT2D eigenvalue weighted by Gasteiger charge is -2.39. The molecule has 110 valence electrons. The largest absolute Gasteiger partial charge is 0.476 e. The predicted molar refractivity (Wildman–Crippen MR) is 79.9 cm³/mol. The van der Waals surface area contributed by atoms with Gasteiger partial charge in [0, 0.05) is 19.6 Å². The Morgan fingerprint density at radius 3 is 2.65 bits per heavy atom. The topological polar surface area (TPSA) is 58.8 Å². The molecule has 20 heavy (non-hydrogen) atoms. The van der Waals surface area contributed by atoms with Crippen LogP contribution in [0.4, 0.5) is 5.69 Å². The molecule has 1 aliphatic rings. The molecule has 0 spiro atoms. The molecule has 2 N–H and O–H groups in total. The van der Waals surface area contributed by atoms with Crippen molar-refractivity contribution in [2.75, 3.05) is 32.1 Å². The summed E-state index contributed by atoms with van der Waals surface area (Å²) in [5.74, 6) is 0.728. The Hall–Kier alpha value is -1.59. The Labute approximate surface area is 120 Å². The number of nitrogens with two attached hydrogens (primary N) is 1. The van der Waals surface area contributed by atoms with Gasteiger partial charge in [-0.25, -0.2) is 0 Å². The highest BCUT2D eigenvalue weighted by molar-refractivity contribution is 6.02. The standard InChI is InChI=1S/C15H23N3O2/c1-15(2)14(19)18(8-7-17(3)4)12-9-11(10-16)5-6-13(12)20-15/h5-6,9H,7-8,10,16H2,1-4H3. The van der Waals surface area contributed by atoms with Crippen molar-refractivity contribution in [2.45, 2.75) is 26.0 Å². The summed E-state index contributed by atoms with van der Waals surface area (Å²) >= 11 is 0. The molecule has 2 rings (SSSR count). The number of benzene rings is 1. The Bertz CT molecular complexity index is 512. The maximum absolute atomic E-state index is 12.6. The van der Waals surface area contributed by atoms with E-state index in [9.17, 15) is 4.79 Å². The third-order valence-corrected chi connectivity index (χ3v) is 3.45. The maximum Gasteiger partial charge on any atom is 0.270 e. The summed E-state index contributed by atoms with van der Waals surface area (Å²) in [4.78, 5) is 16.4. The lowest BCUT2D eigenvalue weighted by Crippen LogP contribution is -2.53. The first-order valence-corrected chi connectivity index (χ1v) is 6.84. The van der Waals surface area contributed by atoms with Crippen LogP contribution < -0.4 is 15.4 Å². The molecule has 0 atom stereocenters. The number of carbonyl (C=O) groups is 1. The van der Waals surface area contributed by atoms with E-state index in [0.717, 1.165) is 23.5 Å². The van der Waals surface area contributed by atoms with Crippen molar-refractivity contribution < 1.29 is 9.53 Å². The molecule has 5 nitrogen and oxygen atoms in total. The molecule has 1 aromatic carbocycles. The lowest BCUT2D eigenvalue weighted by atomic mass is 10.0. The molecule has 1 aromatic rings. The Balaban J connectivity index is 2.40. The van der Waals surface area contributed by atoms with Gasteiger partial charge in [-0.15, -0.1) is 0 Å². The minimum atomic E-state index is -0.830. The van der Waals surface area contributed by atoms with Crippen molar-refractivity contribution in [1.82, 2.24) is 4.90 Å². The molecule has 0 fully saturated rings. The number of rotatable bonds is 4. The number of carbonyl (C=O) groups excluding carboxylic acids is 1. The van der Waals surface area contributed by atoms with Crippen molar-refractivity contribution in [2.24, 2.45) is 5.73 Å². The predicted octanol–water partition coefficient (Wildman–Crippen LogP) is 1.21. The van der Waals surface area contributed by atoms with Crippen LogP contribution in [0, 0.1) is 0 Å². The van der Waals surface area contributed by atoms with Crippen LogP contribution in [0.15, 0.2) is 18.2 Å². The van der Waals surface area contributed by atoms with E-state index in [1.165, 1.54) is 0 Å². The van der Waals surface area contributed by atoms with Crippen LogP contribution in [0.5, 0.6) is 5.75 Å². The minimum absolute atomic E-state index is 0.0129. The van der Waals surface area contributed by atoms with Crippen molar-refractivity contribution in [3.05, 3.63) is 23.8 Å². The fourth-order valence-corrected chi connectivity index (χ4v) is 2.26. The number of likely N-dealkylation sites (N-methyl/N-ethyl adjacent to an activating group) is 1. The third-order valence-electron chi connectivity index (χ3n) is 3.45. The summed E-state index contributed by atoms with van der Waals surface area (Å²) < 4.78 is 5.82. The van der Waals surface area contributed by atoms with Gasteiger partial charge in [-0.2, -0.15) is 0 Å². The first kappa shape index (κ1) is 14.8. The highest BCUT2D eigenvalue weighted by Gasteiger charge is 2.40. The summed E-state index contributed by atoms with van der Waals surface area (Å²) in [5, 5.41) is 0. The Morgan fingerprint density at radius 1 is 1.35 bits per heavy atom. The highest BCUT2D eigenvalue weighted by Crippen LogP contribution is 2.38. The normalized spacial score (nSPS) is 17.1.